The number of sulfonamides is 1. The predicted molar refractivity (Wildman–Crippen MR) is 66.2 cm³/mol. The fourth-order valence-corrected chi connectivity index (χ4v) is 2.11. The lowest BCUT2D eigenvalue weighted by molar-refractivity contribution is 0.185. The van der Waals surface area contributed by atoms with E-state index < -0.39 is 21.9 Å². The molecule has 0 radical (unpaired) electrons. The van der Waals surface area contributed by atoms with Gasteiger partial charge in [-0.25, -0.2) is 8.42 Å². The van der Waals surface area contributed by atoms with Crippen LogP contribution in [-0.2, 0) is 21.4 Å². The van der Waals surface area contributed by atoms with Gasteiger partial charge in [-0.15, -0.1) is 0 Å². The van der Waals surface area contributed by atoms with E-state index in [4.69, 9.17) is 9.84 Å². The molecule has 96 valence electrons. The quantitative estimate of drug-likeness (QED) is 0.797. The molecule has 0 aliphatic carbocycles. The molecule has 1 atom stereocenters. The molecular weight excluding hydrogens is 242 g/mol. The molecule has 1 aromatic carbocycles. The van der Waals surface area contributed by atoms with Crippen molar-refractivity contribution in [3.8, 4) is 0 Å². The zero-order chi connectivity index (χ0) is 12.9. The highest BCUT2D eigenvalue weighted by atomic mass is 32.2. The molecule has 0 aliphatic heterocycles. The standard InChI is InChI=1S/C11H17NO4S/c1-9(7-13)17(14,15)12-11-5-3-4-10(6-11)8-16-2/h3-6,9,12-13H,7-8H2,1-2H3. The Bertz CT molecular complexity index is 458. The van der Waals surface area contributed by atoms with Crippen LogP contribution in [0.1, 0.15) is 12.5 Å². The minimum atomic E-state index is -3.54. The van der Waals surface area contributed by atoms with Crippen molar-refractivity contribution < 1.29 is 18.3 Å². The van der Waals surface area contributed by atoms with Crippen LogP contribution in [0, 0.1) is 0 Å². The number of rotatable bonds is 6. The second kappa shape index (κ2) is 6.00. The normalized spacial score (nSPS) is 13.4. The lowest BCUT2D eigenvalue weighted by Gasteiger charge is -2.13. The van der Waals surface area contributed by atoms with Gasteiger partial charge in [0, 0.05) is 12.8 Å². The van der Waals surface area contributed by atoms with Crippen LogP contribution in [0.4, 0.5) is 5.69 Å². The van der Waals surface area contributed by atoms with Gasteiger partial charge >= 0.3 is 0 Å². The van der Waals surface area contributed by atoms with Crippen LogP contribution in [0.3, 0.4) is 0 Å². The average molecular weight is 259 g/mol. The van der Waals surface area contributed by atoms with Gasteiger partial charge in [-0.1, -0.05) is 12.1 Å². The summed E-state index contributed by atoms with van der Waals surface area (Å²) in [6.45, 7) is 1.46. The largest absolute Gasteiger partial charge is 0.395 e. The minimum absolute atomic E-state index is 0.410. The number of aliphatic hydroxyl groups excluding tert-OH is 1. The molecule has 17 heavy (non-hydrogen) atoms. The van der Waals surface area contributed by atoms with Crippen molar-refractivity contribution in [1.29, 1.82) is 0 Å². The van der Waals surface area contributed by atoms with Crippen LogP contribution in [0.25, 0.3) is 0 Å². The lowest BCUT2D eigenvalue weighted by Crippen LogP contribution is -2.28. The summed E-state index contributed by atoms with van der Waals surface area (Å²) in [6, 6.07) is 6.94. The fourth-order valence-electron chi connectivity index (χ4n) is 1.25. The molecule has 0 aromatic heterocycles. The van der Waals surface area contributed by atoms with E-state index in [1.165, 1.54) is 6.92 Å². The number of benzene rings is 1. The first-order valence-corrected chi connectivity index (χ1v) is 6.74. The number of nitrogens with one attached hydrogen (secondary N) is 1. The van der Waals surface area contributed by atoms with E-state index in [0.29, 0.717) is 12.3 Å². The van der Waals surface area contributed by atoms with Gasteiger partial charge in [-0.3, -0.25) is 4.72 Å². The second-order valence-electron chi connectivity index (χ2n) is 3.77. The molecule has 0 aliphatic rings. The van der Waals surface area contributed by atoms with Gasteiger partial charge in [0.2, 0.25) is 10.0 Å². The first-order chi connectivity index (χ1) is 7.99. The maximum Gasteiger partial charge on any atom is 0.237 e. The molecule has 0 heterocycles. The maximum atomic E-state index is 11.7. The Balaban J connectivity index is 2.84. The van der Waals surface area contributed by atoms with E-state index in [1.54, 1.807) is 25.3 Å². The number of hydrogen-bond acceptors (Lipinski definition) is 4. The molecule has 1 aromatic rings. The fraction of sp³-hybridized carbons (Fsp3) is 0.455. The summed E-state index contributed by atoms with van der Waals surface area (Å²) in [4.78, 5) is 0. The third-order valence-electron chi connectivity index (χ3n) is 2.28. The molecule has 6 heteroatoms. The van der Waals surface area contributed by atoms with E-state index in [-0.39, 0.29) is 0 Å². The highest BCUT2D eigenvalue weighted by Crippen LogP contribution is 2.14. The molecule has 0 fully saturated rings. The van der Waals surface area contributed by atoms with Crippen LogP contribution < -0.4 is 4.72 Å². The topological polar surface area (TPSA) is 75.6 Å². The minimum Gasteiger partial charge on any atom is -0.395 e. The van der Waals surface area contributed by atoms with E-state index in [9.17, 15) is 8.42 Å². The molecule has 1 unspecified atom stereocenters. The van der Waals surface area contributed by atoms with Gasteiger partial charge in [0.05, 0.1) is 13.2 Å². The van der Waals surface area contributed by atoms with Gasteiger partial charge in [0.15, 0.2) is 0 Å². The van der Waals surface area contributed by atoms with Crippen LogP contribution in [0.5, 0.6) is 0 Å². The van der Waals surface area contributed by atoms with Crippen molar-refractivity contribution in [2.75, 3.05) is 18.4 Å². The summed E-state index contributed by atoms with van der Waals surface area (Å²) in [7, 11) is -1.96. The smallest absolute Gasteiger partial charge is 0.237 e. The Morgan fingerprint density at radius 1 is 1.47 bits per heavy atom. The van der Waals surface area contributed by atoms with E-state index in [1.807, 2.05) is 6.07 Å². The van der Waals surface area contributed by atoms with Crippen LogP contribution in [0.2, 0.25) is 0 Å². The summed E-state index contributed by atoms with van der Waals surface area (Å²) in [5.41, 5.74) is 1.35. The molecule has 0 bridgehead atoms. The lowest BCUT2D eigenvalue weighted by atomic mass is 10.2. The first-order valence-electron chi connectivity index (χ1n) is 5.20. The highest BCUT2D eigenvalue weighted by Gasteiger charge is 2.19. The molecule has 0 saturated heterocycles. The molecule has 1 rings (SSSR count). The maximum absolute atomic E-state index is 11.7. The summed E-state index contributed by atoms with van der Waals surface area (Å²) in [6.07, 6.45) is 0. The Hall–Kier alpha value is -1.11. The van der Waals surface area contributed by atoms with E-state index in [2.05, 4.69) is 4.72 Å². The van der Waals surface area contributed by atoms with Gasteiger partial charge in [-0.2, -0.15) is 0 Å². The third-order valence-corrected chi connectivity index (χ3v) is 4.01. The Morgan fingerprint density at radius 3 is 2.76 bits per heavy atom. The van der Waals surface area contributed by atoms with Gasteiger partial charge in [0.25, 0.3) is 0 Å². The van der Waals surface area contributed by atoms with Crippen molar-refractivity contribution in [3.63, 3.8) is 0 Å². The molecule has 0 spiro atoms. The van der Waals surface area contributed by atoms with E-state index >= 15 is 0 Å². The van der Waals surface area contributed by atoms with Crippen LogP contribution in [-0.4, -0.2) is 32.5 Å². The van der Waals surface area contributed by atoms with Crippen LogP contribution >= 0.6 is 0 Å². The molecule has 2 N–H and O–H groups in total. The van der Waals surface area contributed by atoms with Gasteiger partial charge in [-0.05, 0) is 24.6 Å². The highest BCUT2D eigenvalue weighted by molar-refractivity contribution is 7.93. The van der Waals surface area contributed by atoms with Crippen molar-refractivity contribution in [3.05, 3.63) is 29.8 Å². The van der Waals surface area contributed by atoms with Gasteiger partial charge < -0.3 is 9.84 Å². The number of methoxy groups -OCH3 is 1. The van der Waals surface area contributed by atoms with Crippen molar-refractivity contribution in [1.82, 2.24) is 0 Å². The first kappa shape index (κ1) is 14.0. The predicted octanol–water partition coefficient (Wildman–Crippen LogP) is 0.956. The molecule has 0 saturated carbocycles. The number of hydrogen-bond donors (Lipinski definition) is 2. The molecular formula is C11H17NO4S. The van der Waals surface area contributed by atoms with E-state index in [0.717, 1.165) is 5.56 Å². The average Bonchev–Trinajstić information content (AvgIpc) is 2.28. The monoisotopic (exact) mass is 259 g/mol. The molecule has 5 nitrogen and oxygen atoms in total. The van der Waals surface area contributed by atoms with Gasteiger partial charge in [0.1, 0.15) is 5.25 Å². The Kier molecular flexibility index (Phi) is 4.92. The third kappa shape index (κ3) is 3.99. The Morgan fingerprint density at radius 2 is 2.18 bits per heavy atom. The summed E-state index contributed by atoms with van der Waals surface area (Å²) in [5.74, 6) is 0. The van der Waals surface area contributed by atoms with Crippen molar-refractivity contribution >= 4 is 15.7 Å². The van der Waals surface area contributed by atoms with Crippen molar-refractivity contribution in [2.24, 2.45) is 0 Å². The SMILES string of the molecule is COCc1cccc(NS(=O)(=O)C(C)CO)c1. The number of ether oxygens (including phenoxy) is 1. The van der Waals surface area contributed by atoms with Crippen LogP contribution in [0.15, 0.2) is 24.3 Å². The van der Waals surface area contributed by atoms with Crippen molar-refractivity contribution in [2.45, 2.75) is 18.8 Å². The zero-order valence-corrected chi connectivity index (χ0v) is 10.7. The Labute approximate surface area is 101 Å². The summed E-state index contributed by atoms with van der Waals surface area (Å²) in [5, 5.41) is 8.01. The molecule has 0 amide bonds. The summed E-state index contributed by atoms with van der Waals surface area (Å²) >= 11 is 0. The zero-order valence-electron chi connectivity index (χ0n) is 9.88. The number of aliphatic hydroxyl groups is 1. The summed E-state index contributed by atoms with van der Waals surface area (Å²) < 4.78 is 30.8. The number of anilines is 1. The second-order valence-corrected chi connectivity index (χ2v) is 5.87.